The zero-order valence-corrected chi connectivity index (χ0v) is 10.4. The van der Waals surface area contributed by atoms with Crippen LogP contribution >= 0.6 is 0 Å². The maximum absolute atomic E-state index is 11.5. The molecule has 8 heteroatoms. The Kier molecular flexibility index (Phi) is 2.77. The third-order valence-electron chi connectivity index (χ3n) is 3.34. The first-order chi connectivity index (χ1) is 9.48. The van der Waals surface area contributed by atoms with Crippen LogP contribution in [0.25, 0.3) is 11.3 Å². The Balaban J connectivity index is 2.22. The molecule has 7 nitrogen and oxygen atoms in total. The van der Waals surface area contributed by atoms with Crippen LogP contribution in [0.4, 0.5) is 0 Å². The molecular weight excluding hydrogens is 263 g/mol. The van der Waals surface area contributed by atoms with Gasteiger partial charge in [-0.1, -0.05) is 18.5 Å². The monoisotopic (exact) mass is 275 g/mol. The second-order valence-corrected chi connectivity index (χ2v) is 4.77. The van der Waals surface area contributed by atoms with Crippen LogP contribution in [0.15, 0.2) is 24.4 Å². The van der Waals surface area contributed by atoms with Crippen molar-refractivity contribution in [1.29, 1.82) is 0 Å². The van der Waals surface area contributed by atoms with Crippen molar-refractivity contribution in [3.63, 3.8) is 0 Å². The van der Waals surface area contributed by atoms with Crippen molar-refractivity contribution < 1.29 is 24.6 Å². The Morgan fingerprint density at radius 2 is 2.15 bits per heavy atom. The van der Waals surface area contributed by atoms with E-state index in [1.54, 1.807) is 18.2 Å². The van der Waals surface area contributed by atoms with Gasteiger partial charge in [0.2, 0.25) is 0 Å². The standard InChI is InChI=1S/C12H12BN2O5/c16-12(17)10-8(9-4-6-14-15-9)2-1-7-3-5-13(18,19)20-11(7)10/h1-2,4,6,18-19H,3,5H2,(H,14,15)(H,16,17)/q-1. The smallest absolute Gasteiger partial charge is 0.430 e. The van der Waals surface area contributed by atoms with Gasteiger partial charge < -0.3 is 19.8 Å². The molecule has 20 heavy (non-hydrogen) atoms. The number of hydrogen-bond donors (Lipinski definition) is 4. The molecule has 1 aliphatic heterocycles. The van der Waals surface area contributed by atoms with E-state index >= 15 is 0 Å². The number of aromatic amines is 1. The Morgan fingerprint density at radius 1 is 1.35 bits per heavy atom. The van der Waals surface area contributed by atoms with Crippen molar-refractivity contribution >= 4 is 12.7 Å². The number of benzene rings is 1. The molecule has 0 fully saturated rings. The summed E-state index contributed by atoms with van der Waals surface area (Å²) in [7, 11) is 0. The number of carboxylic acid groups (broad SMARTS) is 1. The second kappa shape index (κ2) is 4.36. The molecule has 0 atom stereocenters. The molecule has 3 rings (SSSR count). The van der Waals surface area contributed by atoms with Gasteiger partial charge in [0, 0.05) is 11.8 Å². The maximum atomic E-state index is 11.5. The Labute approximate surface area is 113 Å². The third-order valence-corrected chi connectivity index (χ3v) is 3.34. The fourth-order valence-corrected chi connectivity index (χ4v) is 2.39. The number of aromatic carboxylic acids is 1. The molecule has 0 aliphatic carbocycles. The van der Waals surface area contributed by atoms with Crippen LogP contribution in [-0.2, 0) is 6.42 Å². The van der Waals surface area contributed by atoms with E-state index in [1.807, 2.05) is 0 Å². The van der Waals surface area contributed by atoms with Crippen molar-refractivity contribution in [3.05, 3.63) is 35.5 Å². The number of aryl methyl sites for hydroxylation is 1. The highest BCUT2D eigenvalue weighted by atomic mass is 16.6. The Morgan fingerprint density at radius 3 is 2.80 bits per heavy atom. The second-order valence-electron chi connectivity index (χ2n) is 4.77. The number of rotatable bonds is 2. The van der Waals surface area contributed by atoms with Gasteiger partial charge >= 0.3 is 12.7 Å². The fraction of sp³-hybridized carbons (Fsp3) is 0.167. The van der Waals surface area contributed by atoms with Gasteiger partial charge in [0.15, 0.2) is 0 Å². The highest BCUT2D eigenvalue weighted by Gasteiger charge is 2.32. The molecule has 104 valence electrons. The van der Waals surface area contributed by atoms with Crippen molar-refractivity contribution in [2.75, 3.05) is 0 Å². The number of nitrogens with zero attached hydrogens (tertiary/aromatic N) is 1. The number of carboxylic acids is 1. The van der Waals surface area contributed by atoms with Crippen LogP contribution in [0, 0.1) is 0 Å². The largest absolute Gasteiger partial charge is 0.669 e. The normalized spacial score (nSPS) is 16.3. The van der Waals surface area contributed by atoms with Crippen LogP contribution in [0.1, 0.15) is 15.9 Å². The molecule has 0 amide bonds. The summed E-state index contributed by atoms with van der Waals surface area (Å²) in [4.78, 5) is 11.5. The minimum Gasteiger partial charge on any atom is -0.669 e. The lowest BCUT2D eigenvalue weighted by atomic mass is 9.70. The molecule has 1 aliphatic rings. The van der Waals surface area contributed by atoms with E-state index in [4.69, 9.17) is 4.65 Å². The van der Waals surface area contributed by atoms with E-state index in [9.17, 15) is 19.9 Å². The minimum absolute atomic E-state index is 0.0147. The molecule has 0 unspecified atom stereocenters. The lowest BCUT2D eigenvalue weighted by molar-refractivity contribution is 0.0694. The van der Waals surface area contributed by atoms with Crippen molar-refractivity contribution in [1.82, 2.24) is 10.2 Å². The zero-order valence-electron chi connectivity index (χ0n) is 10.4. The van der Waals surface area contributed by atoms with Crippen LogP contribution in [0.3, 0.4) is 0 Å². The van der Waals surface area contributed by atoms with E-state index in [-0.39, 0.29) is 17.6 Å². The number of aromatic nitrogens is 2. The topological polar surface area (TPSA) is 116 Å². The van der Waals surface area contributed by atoms with E-state index in [1.165, 1.54) is 6.20 Å². The lowest BCUT2D eigenvalue weighted by Crippen LogP contribution is -2.45. The summed E-state index contributed by atoms with van der Waals surface area (Å²) in [5.74, 6) is -1.18. The predicted molar refractivity (Wildman–Crippen MR) is 70.3 cm³/mol. The summed E-state index contributed by atoms with van der Waals surface area (Å²) >= 11 is 0. The van der Waals surface area contributed by atoms with E-state index in [0.29, 0.717) is 23.2 Å². The summed E-state index contributed by atoms with van der Waals surface area (Å²) in [6.45, 7) is -3.01. The highest BCUT2D eigenvalue weighted by molar-refractivity contribution is 6.59. The molecule has 0 saturated carbocycles. The van der Waals surface area contributed by atoms with Crippen molar-refractivity contribution in [2.24, 2.45) is 0 Å². The highest BCUT2D eigenvalue weighted by Crippen LogP contribution is 2.38. The average molecular weight is 275 g/mol. The molecule has 0 spiro atoms. The number of H-pyrrole nitrogens is 1. The van der Waals surface area contributed by atoms with Gasteiger partial charge in [0.25, 0.3) is 0 Å². The van der Waals surface area contributed by atoms with Gasteiger partial charge in [-0.15, -0.1) is 0 Å². The summed E-state index contributed by atoms with van der Waals surface area (Å²) in [6.07, 6.45) is 1.91. The van der Waals surface area contributed by atoms with E-state index in [0.717, 1.165) is 0 Å². The summed E-state index contributed by atoms with van der Waals surface area (Å²) < 4.78 is 5.11. The van der Waals surface area contributed by atoms with Crippen molar-refractivity contribution in [3.8, 4) is 17.0 Å². The first-order valence-corrected chi connectivity index (χ1v) is 6.16. The summed E-state index contributed by atoms with van der Waals surface area (Å²) in [5.41, 5.74) is 1.46. The molecule has 1 aromatic heterocycles. The maximum Gasteiger partial charge on any atom is 0.430 e. The van der Waals surface area contributed by atoms with Crippen LogP contribution in [0.5, 0.6) is 5.75 Å². The van der Waals surface area contributed by atoms with Gasteiger partial charge in [-0.25, -0.2) is 4.79 Å². The Hall–Kier alpha value is -2.32. The van der Waals surface area contributed by atoms with Crippen LogP contribution in [-0.4, -0.2) is 38.1 Å². The number of carbonyl (C=O) groups is 1. The third kappa shape index (κ3) is 2.04. The minimum atomic E-state index is -3.01. The fourth-order valence-electron chi connectivity index (χ4n) is 2.39. The lowest BCUT2D eigenvalue weighted by Gasteiger charge is -2.37. The molecule has 0 saturated heterocycles. The SMILES string of the molecule is O=C(O)c1c(-c2ccn[nH]2)ccc2c1O[B-](O)(O)CC2. The number of hydrogen-bond acceptors (Lipinski definition) is 5. The van der Waals surface area contributed by atoms with Gasteiger partial charge in [-0.05, 0) is 18.1 Å². The summed E-state index contributed by atoms with van der Waals surface area (Å²) in [6, 6.07) is 5.02. The average Bonchev–Trinajstić information content (AvgIpc) is 2.89. The zero-order chi connectivity index (χ0) is 14.3. The summed E-state index contributed by atoms with van der Waals surface area (Å²) in [5, 5.41) is 35.2. The number of nitrogens with one attached hydrogen (secondary N) is 1. The van der Waals surface area contributed by atoms with Gasteiger partial charge in [-0.2, -0.15) is 5.10 Å². The predicted octanol–water partition coefficient (Wildman–Crippen LogP) is 0.633. The molecule has 4 N–H and O–H groups in total. The number of fused-ring (bicyclic) bond motifs is 1. The van der Waals surface area contributed by atoms with Crippen LogP contribution in [0.2, 0.25) is 6.32 Å². The molecule has 2 aromatic rings. The molecular formula is C12H12BN2O5-. The van der Waals surface area contributed by atoms with Crippen molar-refractivity contribution in [2.45, 2.75) is 12.7 Å². The van der Waals surface area contributed by atoms with Gasteiger partial charge in [0.1, 0.15) is 5.56 Å². The first kappa shape index (κ1) is 12.7. The quantitative estimate of drug-likeness (QED) is 0.597. The molecule has 2 heterocycles. The molecule has 1 aromatic carbocycles. The van der Waals surface area contributed by atoms with Crippen LogP contribution < -0.4 is 4.65 Å². The first-order valence-electron chi connectivity index (χ1n) is 6.16. The van der Waals surface area contributed by atoms with Gasteiger partial charge in [0.05, 0.1) is 11.4 Å². The van der Waals surface area contributed by atoms with E-state index in [2.05, 4.69) is 10.2 Å². The van der Waals surface area contributed by atoms with E-state index < -0.39 is 12.7 Å². The Bertz CT molecular complexity index is 669. The molecule has 0 radical (unpaired) electrons. The van der Waals surface area contributed by atoms with Gasteiger partial charge in [-0.3, -0.25) is 5.10 Å². The molecule has 0 bridgehead atoms.